The summed E-state index contributed by atoms with van der Waals surface area (Å²) in [6, 6.07) is -3.57. The van der Waals surface area contributed by atoms with Gasteiger partial charge in [0.2, 0.25) is 17.7 Å². The third kappa shape index (κ3) is 9.93. The number of aliphatic carboxylic acids is 1. The summed E-state index contributed by atoms with van der Waals surface area (Å²) in [6.07, 6.45) is 0.659. The van der Waals surface area contributed by atoms with Gasteiger partial charge < -0.3 is 26.8 Å². The number of hydrogen-bond acceptors (Lipinski definition) is 5. The molecular formula is C18H34N4O5. The van der Waals surface area contributed by atoms with Gasteiger partial charge in [0.15, 0.2) is 0 Å². The second-order valence-corrected chi connectivity index (χ2v) is 7.74. The summed E-state index contributed by atoms with van der Waals surface area (Å²) in [5.74, 6) is -2.50. The Morgan fingerprint density at radius 2 is 1.19 bits per heavy atom. The summed E-state index contributed by atoms with van der Waals surface area (Å²) in [5, 5.41) is 16.7. The van der Waals surface area contributed by atoms with Crippen molar-refractivity contribution in [3.63, 3.8) is 0 Å². The number of nitrogens with one attached hydrogen (secondary N) is 3. The van der Waals surface area contributed by atoms with E-state index < -0.39 is 47.9 Å². The average Bonchev–Trinajstić information content (AvgIpc) is 2.51. The van der Waals surface area contributed by atoms with Crippen molar-refractivity contribution in [2.24, 2.45) is 17.6 Å². The van der Waals surface area contributed by atoms with E-state index in [9.17, 15) is 24.3 Å². The van der Waals surface area contributed by atoms with Gasteiger partial charge in [0.25, 0.3) is 0 Å². The summed E-state index contributed by atoms with van der Waals surface area (Å²) in [6.45, 7) is 10.5. The van der Waals surface area contributed by atoms with Gasteiger partial charge in [-0.15, -0.1) is 0 Å². The van der Waals surface area contributed by atoms with Crippen molar-refractivity contribution >= 4 is 23.7 Å². The molecule has 0 heterocycles. The molecule has 0 bridgehead atoms. The molecule has 3 amide bonds. The van der Waals surface area contributed by atoms with Gasteiger partial charge in [-0.25, -0.2) is 4.79 Å². The average molecular weight is 386 g/mol. The van der Waals surface area contributed by atoms with Crippen molar-refractivity contribution < 1.29 is 24.3 Å². The van der Waals surface area contributed by atoms with Crippen LogP contribution in [0.15, 0.2) is 0 Å². The molecule has 4 atom stereocenters. The topological polar surface area (TPSA) is 151 Å². The molecule has 0 spiro atoms. The fraction of sp³-hybridized carbons (Fsp3) is 0.778. The minimum Gasteiger partial charge on any atom is -0.480 e. The van der Waals surface area contributed by atoms with E-state index in [0.717, 1.165) is 0 Å². The highest BCUT2D eigenvalue weighted by molar-refractivity contribution is 5.93. The molecule has 0 aliphatic heterocycles. The van der Waals surface area contributed by atoms with Crippen LogP contribution < -0.4 is 21.7 Å². The van der Waals surface area contributed by atoms with Crippen LogP contribution in [0.1, 0.15) is 54.4 Å². The molecule has 0 aliphatic carbocycles. The fourth-order valence-electron chi connectivity index (χ4n) is 2.38. The minimum atomic E-state index is -1.13. The normalized spacial score (nSPS) is 15.6. The summed E-state index contributed by atoms with van der Waals surface area (Å²) >= 11 is 0. The van der Waals surface area contributed by atoms with E-state index in [-0.39, 0.29) is 18.3 Å². The number of carbonyl (C=O) groups is 4. The second-order valence-electron chi connectivity index (χ2n) is 7.74. The van der Waals surface area contributed by atoms with E-state index >= 15 is 0 Å². The molecule has 0 saturated heterocycles. The van der Waals surface area contributed by atoms with Crippen LogP contribution in [0.25, 0.3) is 0 Å². The van der Waals surface area contributed by atoms with E-state index in [0.29, 0.717) is 6.42 Å². The first kappa shape index (κ1) is 24.8. The summed E-state index contributed by atoms with van der Waals surface area (Å²) in [5.41, 5.74) is 5.52. The van der Waals surface area contributed by atoms with Crippen molar-refractivity contribution in [1.29, 1.82) is 0 Å². The van der Waals surface area contributed by atoms with Crippen molar-refractivity contribution in [2.75, 3.05) is 0 Å². The Bertz CT molecular complexity index is 534. The third-order valence-corrected chi connectivity index (χ3v) is 3.83. The molecular weight excluding hydrogens is 352 g/mol. The Morgan fingerprint density at radius 1 is 0.741 bits per heavy atom. The van der Waals surface area contributed by atoms with Crippen LogP contribution in [-0.4, -0.2) is 53.0 Å². The van der Waals surface area contributed by atoms with E-state index in [1.54, 1.807) is 0 Å². The maximum Gasteiger partial charge on any atom is 0.326 e. The van der Waals surface area contributed by atoms with Gasteiger partial charge >= 0.3 is 5.97 Å². The molecule has 0 aromatic heterocycles. The molecule has 0 aromatic carbocycles. The zero-order chi connectivity index (χ0) is 21.3. The molecule has 6 N–H and O–H groups in total. The highest BCUT2D eigenvalue weighted by atomic mass is 16.4. The van der Waals surface area contributed by atoms with E-state index in [1.165, 1.54) is 13.8 Å². The van der Waals surface area contributed by atoms with Gasteiger partial charge in [0.05, 0.1) is 6.04 Å². The molecule has 0 rings (SSSR count). The highest BCUT2D eigenvalue weighted by Gasteiger charge is 2.28. The Balaban J connectivity index is 4.95. The molecule has 0 unspecified atom stereocenters. The first-order chi connectivity index (χ1) is 12.3. The lowest BCUT2D eigenvalue weighted by atomic mass is 10.0. The molecule has 0 radical (unpaired) electrons. The Kier molecular flexibility index (Phi) is 10.6. The van der Waals surface area contributed by atoms with Crippen LogP contribution in [0.3, 0.4) is 0 Å². The summed E-state index contributed by atoms with van der Waals surface area (Å²) in [7, 11) is 0. The first-order valence-electron chi connectivity index (χ1n) is 9.24. The molecule has 9 nitrogen and oxygen atoms in total. The molecule has 9 heteroatoms. The van der Waals surface area contributed by atoms with Crippen LogP contribution in [0.4, 0.5) is 0 Å². The van der Waals surface area contributed by atoms with Crippen LogP contribution in [0, 0.1) is 11.8 Å². The monoisotopic (exact) mass is 386 g/mol. The van der Waals surface area contributed by atoms with Crippen molar-refractivity contribution in [2.45, 2.75) is 78.6 Å². The van der Waals surface area contributed by atoms with Gasteiger partial charge in [-0.1, -0.05) is 27.7 Å². The van der Waals surface area contributed by atoms with Gasteiger partial charge in [-0.3, -0.25) is 14.4 Å². The van der Waals surface area contributed by atoms with E-state index in [2.05, 4.69) is 16.0 Å². The second kappa shape index (κ2) is 11.5. The SMILES string of the molecule is CC(C)C[C@H](NC(=O)[C@H](C)NC(=O)[C@@H](CC(C)C)NC(=O)[C@@H](C)N)C(=O)O. The number of nitrogens with two attached hydrogens (primary N) is 1. The predicted octanol–water partition coefficient (Wildman–Crippen LogP) is -0.0153. The number of rotatable bonds is 11. The number of carboxylic acids is 1. The maximum absolute atomic E-state index is 12.5. The lowest BCUT2D eigenvalue weighted by Crippen LogP contribution is -2.56. The zero-order valence-corrected chi connectivity index (χ0v) is 17.0. The Morgan fingerprint density at radius 3 is 1.59 bits per heavy atom. The quantitative estimate of drug-likeness (QED) is 0.337. The Hall–Kier alpha value is -2.16. The first-order valence-corrected chi connectivity index (χ1v) is 9.24. The summed E-state index contributed by atoms with van der Waals surface area (Å²) < 4.78 is 0. The lowest BCUT2D eigenvalue weighted by Gasteiger charge is -2.24. The zero-order valence-electron chi connectivity index (χ0n) is 17.0. The molecule has 0 saturated carbocycles. The van der Waals surface area contributed by atoms with Crippen molar-refractivity contribution in [3.8, 4) is 0 Å². The van der Waals surface area contributed by atoms with Gasteiger partial charge in [0, 0.05) is 0 Å². The molecule has 0 aliphatic rings. The van der Waals surface area contributed by atoms with Crippen molar-refractivity contribution in [1.82, 2.24) is 16.0 Å². The van der Waals surface area contributed by atoms with Gasteiger partial charge in [-0.2, -0.15) is 0 Å². The van der Waals surface area contributed by atoms with E-state index in [4.69, 9.17) is 5.73 Å². The fourth-order valence-corrected chi connectivity index (χ4v) is 2.38. The number of hydrogen-bond donors (Lipinski definition) is 5. The molecule has 156 valence electrons. The van der Waals surface area contributed by atoms with Crippen molar-refractivity contribution in [3.05, 3.63) is 0 Å². The lowest BCUT2D eigenvalue weighted by molar-refractivity contribution is -0.142. The smallest absolute Gasteiger partial charge is 0.326 e. The minimum absolute atomic E-state index is 0.0835. The number of carbonyl (C=O) groups excluding carboxylic acids is 3. The summed E-state index contributed by atoms with van der Waals surface area (Å²) in [4.78, 5) is 47.8. The van der Waals surface area contributed by atoms with Crippen LogP contribution >= 0.6 is 0 Å². The number of carboxylic acid groups (broad SMARTS) is 1. The van der Waals surface area contributed by atoms with E-state index in [1.807, 2.05) is 27.7 Å². The molecule has 27 heavy (non-hydrogen) atoms. The van der Waals surface area contributed by atoms with Crippen LogP contribution in [0.2, 0.25) is 0 Å². The maximum atomic E-state index is 12.5. The van der Waals surface area contributed by atoms with Crippen LogP contribution in [-0.2, 0) is 19.2 Å². The standard InChI is InChI=1S/C18H34N4O5/c1-9(2)7-13(21-15(23)11(5)19)17(25)20-12(6)16(24)22-14(18(26)27)8-10(3)4/h9-14H,7-8,19H2,1-6H3,(H,20,25)(H,21,23)(H,22,24)(H,26,27)/t11-,12+,13-,14+/m1/s1. The van der Waals surface area contributed by atoms with Gasteiger partial charge in [-0.05, 0) is 38.5 Å². The number of amides is 3. The predicted molar refractivity (Wildman–Crippen MR) is 102 cm³/mol. The Labute approximate surface area is 160 Å². The molecule has 0 fully saturated rings. The van der Waals surface area contributed by atoms with Gasteiger partial charge in [0.1, 0.15) is 18.1 Å². The largest absolute Gasteiger partial charge is 0.480 e. The van der Waals surface area contributed by atoms with Crippen LogP contribution in [0.5, 0.6) is 0 Å². The third-order valence-electron chi connectivity index (χ3n) is 3.83. The molecule has 0 aromatic rings. The highest BCUT2D eigenvalue weighted by Crippen LogP contribution is 2.07.